The monoisotopic (exact) mass is 417 g/mol. The van der Waals surface area contributed by atoms with E-state index in [1.807, 2.05) is 35.2 Å². The summed E-state index contributed by atoms with van der Waals surface area (Å²) in [5.41, 5.74) is 0.0485. The molecule has 0 saturated carbocycles. The number of amides is 1. The molecular formula is C19H18F3N7O. The van der Waals surface area contributed by atoms with Crippen LogP contribution in [0.4, 0.5) is 19.1 Å². The van der Waals surface area contributed by atoms with E-state index in [-0.39, 0.29) is 17.2 Å². The van der Waals surface area contributed by atoms with Gasteiger partial charge < -0.3 is 9.80 Å². The van der Waals surface area contributed by atoms with Gasteiger partial charge in [-0.05, 0) is 41.6 Å². The van der Waals surface area contributed by atoms with Crippen molar-refractivity contribution in [3.63, 3.8) is 0 Å². The Labute approximate surface area is 169 Å². The third-order valence-electron chi connectivity index (χ3n) is 4.91. The molecule has 3 heterocycles. The van der Waals surface area contributed by atoms with Crippen LogP contribution in [0.5, 0.6) is 0 Å². The summed E-state index contributed by atoms with van der Waals surface area (Å²) < 4.78 is 40.0. The average Bonchev–Trinajstić information content (AvgIpc) is 3.23. The summed E-state index contributed by atoms with van der Waals surface area (Å²) in [6.07, 6.45) is -4.54. The van der Waals surface area contributed by atoms with Crippen molar-refractivity contribution in [3.05, 3.63) is 59.4 Å². The van der Waals surface area contributed by atoms with Crippen molar-refractivity contribution in [2.24, 2.45) is 0 Å². The average molecular weight is 417 g/mol. The van der Waals surface area contributed by atoms with Crippen molar-refractivity contribution in [3.8, 4) is 5.69 Å². The van der Waals surface area contributed by atoms with Gasteiger partial charge in [0.05, 0.1) is 16.9 Å². The smallest absolute Gasteiger partial charge is 0.336 e. The molecule has 3 aromatic rings. The van der Waals surface area contributed by atoms with E-state index >= 15 is 0 Å². The minimum Gasteiger partial charge on any atom is -0.336 e. The van der Waals surface area contributed by atoms with Crippen LogP contribution in [-0.2, 0) is 6.18 Å². The zero-order valence-electron chi connectivity index (χ0n) is 16.0. The molecule has 30 heavy (non-hydrogen) atoms. The summed E-state index contributed by atoms with van der Waals surface area (Å²) in [6.45, 7) is 3.17. The van der Waals surface area contributed by atoms with Crippen LogP contribution < -0.4 is 4.90 Å². The topological polar surface area (TPSA) is 80.0 Å². The van der Waals surface area contributed by atoms with Gasteiger partial charge in [0, 0.05) is 26.2 Å². The van der Waals surface area contributed by atoms with Crippen LogP contribution in [-0.4, -0.2) is 62.2 Å². The quantitative estimate of drug-likeness (QED) is 0.651. The molecule has 11 heteroatoms. The Morgan fingerprint density at radius 3 is 2.33 bits per heavy atom. The van der Waals surface area contributed by atoms with Crippen LogP contribution in [0.15, 0.2) is 42.5 Å². The van der Waals surface area contributed by atoms with Crippen molar-refractivity contribution in [2.75, 3.05) is 31.1 Å². The summed E-state index contributed by atoms with van der Waals surface area (Å²) >= 11 is 0. The van der Waals surface area contributed by atoms with Crippen molar-refractivity contribution in [1.29, 1.82) is 0 Å². The number of tetrazole rings is 1. The number of carbonyl (C=O) groups excluding carboxylic acids is 1. The summed E-state index contributed by atoms with van der Waals surface area (Å²) in [5.74, 6) is 0.233. The third kappa shape index (κ3) is 3.82. The van der Waals surface area contributed by atoms with E-state index in [0.717, 1.165) is 11.8 Å². The van der Waals surface area contributed by atoms with Crippen LogP contribution in [0.3, 0.4) is 0 Å². The van der Waals surface area contributed by atoms with E-state index in [1.165, 1.54) is 13.0 Å². The Balaban J connectivity index is 1.46. The highest BCUT2D eigenvalue weighted by Crippen LogP contribution is 2.28. The molecule has 0 spiro atoms. The van der Waals surface area contributed by atoms with Gasteiger partial charge in [0.25, 0.3) is 5.91 Å². The fraction of sp³-hybridized carbons (Fsp3) is 0.316. The van der Waals surface area contributed by atoms with Crippen molar-refractivity contribution < 1.29 is 18.0 Å². The number of piperazine rings is 1. The van der Waals surface area contributed by atoms with E-state index in [2.05, 4.69) is 20.5 Å². The molecule has 0 bridgehead atoms. The molecule has 1 aliphatic heterocycles. The minimum absolute atomic E-state index is 0.0604. The summed E-state index contributed by atoms with van der Waals surface area (Å²) in [4.78, 5) is 19.9. The van der Waals surface area contributed by atoms with E-state index < -0.39 is 11.9 Å². The van der Waals surface area contributed by atoms with E-state index in [9.17, 15) is 18.0 Å². The van der Waals surface area contributed by atoms with Crippen LogP contribution in [0, 0.1) is 6.92 Å². The normalized spacial score (nSPS) is 14.8. The van der Waals surface area contributed by atoms with Crippen molar-refractivity contribution >= 4 is 11.9 Å². The molecule has 4 rings (SSSR count). The van der Waals surface area contributed by atoms with Gasteiger partial charge in [0.15, 0.2) is 0 Å². The largest absolute Gasteiger partial charge is 0.433 e. The second-order valence-corrected chi connectivity index (χ2v) is 6.83. The maximum atomic E-state index is 12.8. The number of carbonyl (C=O) groups is 1. The molecular weight excluding hydrogens is 399 g/mol. The standard InChI is InChI=1S/C19H18F3N7O/c1-13-15(7-8-16(23-13)19(20,21)22)17(30)27-9-11-28(12-10-27)18-24-25-26-29(18)14-5-3-2-4-6-14/h2-8H,9-12H2,1H3. The predicted octanol–water partition coefficient (Wildman–Crippen LogP) is 2.35. The molecule has 1 saturated heterocycles. The van der Waals surface area contributed by atoms with Gasteiger partial charge in [-0.25, -0.2) is 4.98 Å². The fourth-order valence-electron chi connectivity index (χ4n) is 3.34. The lowest BCUT2D eigenvalue weighted by atomic mass is 10.1. The molecule has 156 valence electrons. The zero-order chi connectivity index (χ0) is 21.3. The Kier molecular flexibility index (Phi) is 5.10. The molecule has 8 nitrogen and oxygen atoms in total. The van der Waals surface area contributed by atoms with Gasteiger partial charge in [0.2, 0.25) is 5.95 Å². The molecule has 2 aromatic heterocycles. The number of rotatable bonds is 3. The first-order chi connectivity index (χ1) is 14.3. The van der Waals surface area contributed by atoms with E-state index in [0.29, 0.717) is 32.1 Å². The highest BCUT2D eigenvalue weighted by atomic mass is 19.4. The zero-order valence-corrected chi connectivity index (χ0v) is 16.0. The molecule has 0 radical (unpaired) electrons. The molecule has 0 atom stereocenters. The van der Waals surface area contributed by atoms with Gasteiger partial charge in [-0.3, -0.25) is 4.79 Å². The highest BCUT2D eigenvalue weighted by Gasteiger charge is 2.33. The highest BCUT2D eigenvalue weighted by molar-refractivity contribution is 5.95. The summed E-state index contributed by atoms with van der Waals surface area (Å²) in [7, 11) is 0. The maximum Gasteiger partial charge on any atom is 0.433 e. The maximum absolute atomic E-state index is 12.8. The van der Waals surface area contributed by atoms with Gasteiger partial charge in [-0.2, -0.15) is 17.9 Å². The first-order valence-electron chi connectivity index (χ1n) is 9.27. The number of hydrogen-bond acceptors (Lipinski definition) is 6. The van der Waals surface area contributed by atoms with E-state index in [1.54, 1.807) is 9.58 Å². The molecule has 0 aliphatic carbocycles. The Morgan fingerprint density at radius 2 is 1.70 bits per heavy atom. The number of aryl methyl sites for hydroxylation is 1. The lowest BCUT2D eigenvalue weighted by molar-refractivity contribution is -0.141. The number of pyridine rings is 1. The number of benzene rings is 1. The first kappa shape index (κ1) is 19.8. The number of nitrogens with zero attached hydrogens (tertiary/aromatic N) is 7. The number of hydrogen-bond donors (Lipinski definition) is 0. The predicted molar refractivity (Wildman–Crippen MR) is 101 cm³/mol. The minimum atomic E-state index is -4.54. The van der Waals surface area contributed by atoms with Gasteiger partial charge >= 0.3 is 6.18 Å². The van der Waals surface area contributed by atoms with Crippen molar-refractivity contribution in [2.45, 2.75) is 13.1 Å². The Hall–Kier alpha value is -3.50. The molecule has 1 fully saturated rings. The number of para-hydroxylation sites is 1. The molecule has 0 unspecified atom stereocenters. The van der Waals surface area contributed by atoms with Crippen LogP contribution in [0.2, 0.25) is 0 Å². The second-order valence-electron chi connectivity index (χ2n) is 6.83. The molecule has 1 aliphatic rings. The lowest BCUT2D eigenvalue weighted by Gasteiger charge is -2.35. The van der Waals surface area contributed by atoms with Gasteiger partial charge in [-0.15, -0.1) is 0 Å². The summed E-state index contributed by atoms with van der Waals surface area (Å²) in [6, 6.07) is 11.5. The number of halogens is 3. The number of anilines is 1. The van der Waals surface area contributed by atoms with Gasteiger partial charge in [0.1, 0.15) is 5.69 Å². The van der Waals surface area contributed by atoms with E-state index in [4.69, 9.17) is 0 Å². The third-order valence-corrected chi connectivity index (χ3v) is 4.91. The van der Waals surface area contributed by atoms with Crippen LogP contribution >= 0.6 is 0 Å². The molecule has 1 aromatic carbocycles. The summed E-state index contributed by atoms with van der Waals surface area (Å²) in [5, 5.41) is 11.9. The fourth-order valence-corrected chi connectivity index (χ4v) is 3.34. The van der Waals surface area contributed by atoms with Crippen LogP contribution in [0.25, 0.3) is 5.69 Å². The Bertz CT molecular complexity index is 1040. The molecule has 0 N–H and O–H groups in total. The SMILES string of the molecule is Cc1nc(C(F)(F)F)ccc1C(=O)N1CCN(c2nnnn2-c2ccccc2)CC1. The first-order valence-corrected chi connectivity index (χ1v) is 9.27. The second kappa shape index (κ2) is 7.73. The van der Waals surface area contributed by atoms with Gasteiger partial charge in [-0.1, -0.05) is 23.3 Å². The Morgan fingerprint density at radius 1 is 1.00 bits per heavy atom. The lowest BCUT2D eigenvalue weighted by Crippen LogP contribution is -2.49. The number of aromatic nitrogens is 5. The molecule has 1 amide bonds. The number of alkyl halides is 3. The van der Waals surface area contributed by atoms with Crippen molar-refractivity contribution in [1.82, 2.24) is 30.1 Å². The van der Waals surface area contributed by atoms with Crippen LogP contribution in [0.1, 0.15) is 21.7 Å².